The zero-order valence-electron chi connectivity index (χ0n) is 15.4. The minimum atomic E-state index is -0.359. The van der Waals surface area contributed by atoms with E-state index in [0.717, 1.165) is 56.8 Å². The molecule has 1 aromatic rings. The molecule has 25 heavy (non-hydrogen) atoms. The Morgan fingerprint density at radius 2 is 2.20 bits per heavy atom. The molecule has 0 radical (unpaired) electrons. The SMILES string of the molecule is Cc1ccc(Cl)cc1N1CCC(CNC(=O)C2CCCCC2(C)N)C1. The molecule has 1 heterocycles. The minimum absolute atomic E-state index is 0.0473. The van der Waals surface area contributed by atoms with Crippen LogP contribution in [-0.4, -0.2) is 31.1 Å². The summed E-state index contributed by atoms with van der Waals surface area (Å²) in [4.78, 5) is 15.0. The predicted octanol–water partition coefficient (Wildman–Crippen LogP) is 3.50. The van der Waals surface area contributed by atoms with Gasteiger partial charge in [0.2, 0.25) is 5.91 Å². The highest BCUT2D eigenvalue weighted by molar-refractivity contribution is 6.30. The fourth-order valence-corrected chi connectivity index (χ4v) is 4.46. The molecule has 138 valence electrons. The molecule has 1 aromatic carbocycles. The molecule has 1 aliphatic carbocycles. The topological polar surface area (TPSA) is 58.4 Å². The average molecular weight is 364 g/mol. The molecule has 1 aliphatic heterocycles. The first kappa shape index (κ1) is 18.5. The van der Waals surface area contributed by atoms with E-state index in [0.29, 0.717) is 5.92 Å². The third-order valence-corrected chi connectivity index (χ3v) is 6.17. The second kappa shape index (κ2) is 7.55. The van der Waals surface area contributed by atoms with E-state index < -0.39 is 0 Å². The zero-order chi connectivity index (χ0) is 18.0. The Labute approximate surface area is 156 Å². The number of carbonyl (C=O) groups excluding carboxylic acids is 1. The number of nitrogens with one attached hydrogen (secondary N) is 1. The maximum absolute atomic E-state index is 12.6. The van der Waals surface area contributed by atoms with Gasteiger partial charge in [-0.3, -0.25) is 4.79 Å². The molecule has 4 nitrogen and oxygen atoms in total. The van der Waals surface area contributed by atoms with Gasteiger partial charge in [0, 0.05) is 35.9 Å². The summed E-state index contributed by atoms with van der Waals surface area (Å²) in [5, 5.41) is 3.95. The lowest BCUT2D eigenvalue weighted by Crippen LogP contribution is -2.53. The smallest absolute Gasteiger partial charge is 0.224 e. The van der Waals surface area contributed by atoms with Gasteiger partial charge in [-0.2, -0.15) is 0 Å². The van der Waals surface area contributed by atoms with E-state index in [4.69, 9.17) is 17.3 Å². The van der Waals surface area contributed by atoms with Crippen LogP contribution in [0, 0.1) is 18.8 Å². The average Bonchev–Trinajstić information content (AvgIpc) is 3.03. The van der Waals surface area contributed by atoms with E-state index in [-0.39, 0.29) is 17.4 Å². The fraction of sp³-hybridized carbons (Fsp3) is 0.650. The Hall–Kier alpha value is -1.26. The summed E-state index contributed by atoms with van der Waals surface area (Å²) in [5.74, 6) is 0.575. The zero-order valence-corrected chi connectivity index (χ0v) is 16.1. The van der Waals surface area contributed by atoms with Crippen LogP contribution >= 0.6 is 11.6 Å². The molecule has 5 heteroatoms. The van der Waals surface area contributed by atoms with Gasteiger partial charge >= 0.3 is 0 Å². The molecule has 0 spiro atoms. The number of rotatable bonds is 4. The first-order valence-corrected chi connectivity index (χ1v) is 9.82. The summed E-state index contributed by atoms with van der Waals surface area (Å²) in [6.07, 6.45) is 5.19. The number of nitrogens with zero attached hydrogens (tertiary/aromatic N) is 1. The quantitative estimate of drug-likeness (QED) is 0.860. The molecule has 1 saturated heterocycles. The third kappa shape index (κ3) is 4.29. The molecule has 3 atom stereocenters. The number of benzene rings is 1. The van der Waals surface area contributed by atoms with Gasteiger partial charge in [-0.1, -0.05) is 30.5 Å². The summed E-state index contributed by atoms with van der Waals surface area (Å²) in [5.41, 5.74) is 8.45. The van der Waals surface area contributed by atoms with E-state index in [1.807, 2.05) is 19.1 Å². The number of hydrogen-bond donors (Lipinski definition) is 2. The van der Waals surface area contributed by atoms with Crippen molar-refractivity contribution in [1.29, 1.82) is 0 Å². The van der Waals surface area contributed by atoms with Crippen LogP contribution < -0.4 is 16.0 Å². The van der Waals surface area contributed by atoms with Crippen LogP contribution in [0.2, 0.25) is 5.02 Å². The highest BCUT2D eigenvalue weighted by Crippen LogP contribution is 2.32. The molecule has 3 N–H and O–H groups in total. The van der Waals surface area contributed by atoms with E-state index in [1.54, 1.807) is 0 Å². The van der Waals surface area contributed by atoms with Crippen LogP contribution in [0.5, 0.6) is 0 Å². The van der Waals surface area contributed by atoms with Gasteiger partial charge < -0.3 is 16.0 Å². The molecular formula is C20H30ClN3O. The number of carbonyl (C=O) groups is 1. The van der Waals surface area contributed by atoms with Crippen molar-refractivity contribution in [2.45, 2.75) is 51.5 Å². The van der Waals surface area contributed by atoms with Crippen molar-refractivity contribution in [3.05, 3.63) is 28.8 Å². The fourth-order valence-electron chi connectivity index (χ4n) is 4.30. The molecule has 0 aromatic heterocycles. The van der Waals surface area contributed by atoms with Gasteiger partial charge in [0.05, 0.1) is 5.92 Å². The lowest BCUT2D eigenvalue weighted by atomic mass is 9.74. The second-order valence-corrected chi connectivity index (χ2v) is 8.52. The van der Waals surface area contributed by atoms with E-state index in [2.05, 4.69) is 23.2 Å². The number of nitrogens with two attached hydrogens (primary N) is 1. The van der Waals surface area contributed by atoms with Gasteiger partial charge in [-0.25, -0.2) is 0 Å². The van der Waals surface area contributed by atoms with Crippen LogP contribution in [0.25, 0.3) is 0 Å². The number of aryl methyl sites for hydroxylation is 1. The molecular weight excluding hydrogens is 334 g/mol. The molecule has 3 unspecified atom stereocenters. The summed E-state index contributed by atoms with van der Waals surface area (Å²) < 4.78 is 0. The lowest BCUT2D eigenvalue weighted by molar-refractivity contribution is -0.128. The normalized spacial score (nSPS) is 29.7. The molecule has 1 saturated carbocycles. The van der Waals surface area contributed by atoms with Crippen molar-refractivity contribution >= 4 is 23.2 Å². The summed E-state index contributed by atoms with van der Waals surface area (Å²) in [7, 11) is 0. The van der Waals surface area contributed by atoms with Crippen molar-refractivity contribution < 1.29 is 4.79 Å². The third-order valence-electron chi connectivity index (χ3n) is 5.93. The first-order chi connectivity index (χ1) is 11.9. The molecule has 2 fully saturated rings. The predicted molar refractivity (Wildman–Crippen MR) is 104 cm³/mol. The van der Waals surface area contributed by atoms with Crippen molar-refractivity contribution in [2.24, 2.45) is 17.6 Å². The second-order valence-electron chi connectivity index (χ2n) is 8.08. The number of anilines is 1. The maximum Gasteiger partial charge on any atom is 0.224 e. The van der Waals surface area contributed by atoms with E-state index >= 15 is 0 Å². The van der Waals surface area contributed by atoms with Gasteiger partial charge in [-0.05, 0) is 56.7 Å². The highest BCUT2D eigenvalue weighted by atomic mass is 35.5. The van der Waals surface area contributed by atoms with Gasteiger partial charge in [0.25, 0.3) is 0 Å². The van der Waals surface area contributed by atoms with Crippen molar-refractivity contribution in [3.63, 3.8) is 0 Å². The standard InChI is InChI=1S/C20H30ClN3O/c1-14-6-7-16(21)11-18(14)24-10-8-15(13-24)12-23-19(25)17-5-3-4-9-20(17,2)22/h6-7,11,15,17H,3-5,8-10,12-13,22H2,1-2H3,(H,23,25). The largest absolute Gasteiger partial charge is 0.371 e. The Morgan fingerprint density at radius 3 is 2.96 bits per heavy atom. The maximum atomic E-state index is 12.6. The minimum Gasteiger partial charge on any atom is -0.371 e. The molecule has 1 amide bonds. The number of hydrogen-bond acceptors (Lipinski definition) is 3. The van der Waals surface area contributed by atoms with Crippen LogP contribution in [0.4, 0.5) is 5.69 Å². The van der Waals surface area contributed by atoms with Gasteiger partial charge in [0.1, 0.15) is 0 Å². The highest BCUT2D eigenvalue weighted by Gasteiger charge is 2.38. The van der Waals surface area contributed by atoms with E-state index in [9.17, 15) is 4.79 Å². The number of amides is 1. The van der Waals surface area contributed by atoms with Crippen LogP contribution in [0.1, 0.15) is 44.6 Å². The van der Waals surface area contributed by atoms with Gasteiger partial charge in [0.15, 0.2) is 0 Å². The van der Waals surface area contributed by atoms with Crippen molar-refractivity contribution in [1.82, 2.24) is 5.32 Å². The van der Waals surface area contributed by atoms with Gasteiger partial charge in [-0.15, -0.1) is 0 Å². The first-order valence-electron chi connectivity index (χ1n) is 9.44. The van der Waals surface area contributed by atoms with E-state index in [1.165, 1.54) is 11.3 Å². The summed E-state index contributed by atoms with van der Waals surface area (Å²) >= 11 is 6.15. The summed E-state index contributed by atoms with van der Waals surface area (Å²) in [6.45, 7) is 6.86. The van der Waals surface area contributed by atoms with Crippen LogP contribution in [0.3, 0.4) is 0 Å². The number of halogens is 1. The van der Waals surface area contributed by atoms with Crippen LogP contribution in [-0.2, 0) is 4.79 Å². The van der Waals surface area contributed by atoms with Crippen molar-refractivity contribution in [2.75, 3.05) is 24.5 Å². The lowest BCUT2D eigenvalue weighted by Gasteiger charge is -2.37. The molecule has 2 aliphatic rings. The Bertz CT molecular complexity index is 631. The molecule has 3 rings (SSSR count). The molecule has 0 bridgehead atoms. The Morgan fingerprint density at radius 1 is 1.40 bits per heavy atom. The Kier molecular flexibility index (Phi) is 5.59. The van der Waals surface area contributed by atoms with Crippen LogP contribution in [0.15, 0.2) is 18.2 Å². The Balaban J connectivity index is 1.53. The summed E-state index contributed by atoms with van der Waals surface area (Å²) in [6, 6.07) is 6.04. The van der Waals surface area contributed by atoms with Crippen molar-refractivity contribution in [3.8, 4) is 0 Å². The monoisotopic (exact) mass is 363 g/mol.